The van der Waals surface area contributed by atoms with E-state index in [9.17, 15) is 8.78 Å². The molecule has 0 bridgehead atoms. The summed E-state index contributed by atoms with van der Waals surface area (Å²) in [6.45, 7) is 15.3. The predicted molar refractivity (Wildman–Crippen MR) is 152 cm³/mol. The van der Waals surface area contributed by atoms with Gasteiger partial charge in [0, 0.05) is 29.8 Å². The van der Waals surface area contributed by atoms with Crippen LogP contribution in [0.15, 0.2) is 70.7 Å². The molecule has 0 saturated carbocycles. The molecule has 0 aromatic carbocycles. The predicted octanol–water partition coefficient (Wildman–Crippen LogP) is 9.89. The summed E-state index contributed by atoms with van der Waals surface area (Å²) in [6.07, 6.45) is 23.6. The van der Waals surface area contributed by atoms with Gasteiger partial charge in [-0.25, -0.2) is 8.78 Å². The molecule has 2 aliphatic rings. The second kappa shape index (κ2) is 16.9. The molecule has 4 heteroatoms. The van der Waals surface area contributed by atoms with E-state index in [0.29, 0.717) is 18.1 Å². The van der Waals surface area contributed by atoms with Gasteiger partial charge in [-0.3, -0.25) is 5.01 Å². The summed E-state index contributed by atoms with van der Waals surface area (Å²) in [4.78, 5) is 0. The maximum absolute atomic E-state index is 14.7. The van der Waals surface area contributed by atoms with Gasteiger partial charge in [0.25, 0.3) is 0 Å². The van der Waals surface area contributed by atoms with Crippen molar-refractivity contribution in [1.82, 2.24) is 5.01 Å². The lowest BCUT2D eigenvalue weighted by molar-refractivity contribution is 0.118. The smallest absolute Gasteiger partial charge is 0.140 e. The standard InChI is InChI=1S/C25H36F2N2.C7H10/c1-6-9-12-19(4)20(5)29-25(15-8-3,16-10-7-2)18-24(28-29)22-17-21(26)13-11-14-23(22)27;1-3-5-7-6-4-2/h13-14,17,19H,5-10,12,15-16,18H2,1-4H3;1,5,7H,4,6H2,2H3. The van der Waals surface area contributed by atoms with Crippen molar-refractivity contribution in [2.75, 3.05) is 0 Å². The highest BCUT2D eigenvalue weighted by molar-refractivity contribution is 6.05. The average Bonchev–Trinajstić information content (AvgIpc) is 3.14. The number of hydrogen-bond donors (Lipinski definition) is 0. The molecule has 0 saturated heterocycles. The van der Waals surface area contributed by atoms with E-state index in [0.717, 1.165) is 69.6 Å². The zero-order valence-electron chi connectivity index (χ0n) is 23.2. The first-order valence-corrected chi connectivity index (χ1v) is 13.7. The van der Waals surface area contributed by atoms with Gasteiger partial charge in [-0.1, -0.05) is 91.7 Å². The van der Waals surface area contributed by atoms with Crippen LogP contribution in [0.25, 0.3) is 0 Å². The van der Waals surface area contributed by atoms with E-state index in [-0.39, 0.29) is 11.1 Å². The van der Waals surface area contributed by atoms with Crippen molar-refractivity contribution < 1.29 is 8.78 Å². The molecule has 0 N–H and O–H groups in total. The average molecular weight is 497 g/mol. The maximum atomic E-state index is 14.7. The number of hydrazone groups is 1. The lowest BCUT2D eigenvalue weighted by atomic mass is 9.81. The molecule has 0 radical (unpaired) electrons. The minimum atomic E-state index is -0.505. The fraction of sp³-hybridized carbons (Fsp3) is 0.562. The third kappa shape index (κ3) is 9.44. The molecule has 0 aromatic heterocycles. The van der Waals surface area contributed by atoms with Crippen molar-refractivity contribution in [3.05, 3.63) is 65.6 Å². The first-order chi connectivity index (χ1) is 17.3. The molecular weight excluding hydrogens is 450 g/mol. The third-order valence-corrected chi connectivity index (χ3v) is 6.66. The zero-order chi connectivity index (χ0) is 27.0. The number of unbranched alkanes of at least 4 members (excludes halogenated alkanes) is 3. The summed E-state index contributed by atoms with van der Waals surface area (Å²) in [6, 6.07) is 0. The van der Waals surface area contributed by atoms with Gasteiger partial charge in [-0.05, 0) is 43.8 Å². The number of hydrogen-bond acceptors (Lipinski definition) is 2. The second-order valence-corrected chi connectivity index (χ2v) is 9.75. The van der Waals surface area contributed by atoms with Crippen molar-refractivity contribution in [2.24, 2.45) is 11.0 Å². The summed E-state index contributed by atoms with van der Waals surface area (Å²) in [5, 5.41) is 6.95. The quantitative estimate of drug-likeness (QED) is 0.183. The van der Waals surface area contributed by atoms with Gasteiger partial charge in [0.05, 0.1) is 11.3 Å². The van der Waals surface area contributed by atoms with Crippen molar-refractivity contribution in [1.29, 1.82) is 0 Å². The van der Waals surface area contributed by atoms with Crippen LogP contribution in [-0.2, 0) is 0 Å². The molecule has 198 valence electrons. The van der Waals surface area contributed by atoms with Crippen LogP contribution in [0.1, 0.15) is 105 Å². The van der Waals surface area contributed by atoms with Crippen LogP contribution in [0, 0.1) is 18.3 Å². The summed E-state index contributed by atoms with van der Waals surface area (Å²) in [7, 11) is 0. The van der Waals surface area contributed by atoms with Crippen molar-refractivity contribution in [3.8, 4) is 12.3 Å². The van der Waals surface area contributed by atoms with Gasteiger partial charge < -0.3 is 0 Å². The summed E-state index contributed by atoms with van der Waals surface area (Å²) in [5.41, 5.74) is 4.17. The Balaban J connectivity index is 0.000000809. The Hall–Kier alpha value is -2.63. The Bertz CT molecular complexity index is 938. The molecule has 2 unspecified atom stereocenters. The summed E-state index contributed by atoms with van der Waals surface area (Å²) < 4.78 is 28.7. The van der Waals surface area contributed by atoms with Crippen LogP contribution < -0.4 is 0 Å². The molecule has 2 atom stereocenters. The van der Waals surface area contributed by atoms with Crippen LogP contribution in [0.4, 0.5) is 8.78 Å². The molecule has 2 rings (SSSR count). The Morgan fingerprint density at radius 2 is 1.89 bits per heavy atom. The minimum absolute atomic E-state index is 0.210. The number of allylic oxidation sites excluding steroid dienone is 8. The van der Waals surface area contributed by atoms with Gasteiger partial charge in [0.1, 0.15) is 11.7 Å². The van der Waals surface area contributed by atoms with Gasteiger partial charge >= 0.3 is 0 Å². The van der Waals surface area contributed by atoms with Crippen LogP contribution >= 0.6 is 0 Å². The molecule has 0 fully saturated rings. The molecule has 2 nitrogen and oxygen atoms in total. The highest BCUT2D eigenvalue weighted by atomic mass is 19.1. The lowest BCUT2D eigenvalue weighted by Gasteiger charge is -2.40. The molecule has 0 aromatic rings. The highest BCUT2D eigenvalue weighted by Gasteiger charge is 2.44. The minimum Gasteiger partial charge on any atom is -0.263 e. The first kappa shape index (κ1) is 31.4. The van der Waals surface area contributed by atoms with Crippen molar-refractivity contribution in [2.45, 2.75) is 111 Å². The topological polar surface area (TPSA) is 15.6 Å². The molecule has 1 aliphatic carbocycles. The molecule has 1 aliphatic heterocycles. The monoisotopic (exact) mass is 496 g/mol. The molecule has 1 heterocycles. The Morgan fingerprint density at radius 3 is 2.50 bits per heavy atom. The highest BCUT2D eigenvalue weighted by Crippen LogP contribution is 2.43. The van der Waals surface area contributed by atoms with E-state index in [1.807, 2.05) is 6.08 Å². The van der Waals surface area contributed by atoms with Crippen LogP contribution in [0.5, 0.6) is 0 Å². The largest absolute Gasteiger partial charge is 0.263 e. The van der Waals surface area contributed by atoms with Gasteiger partial charge in [0.2, 0.25) is 0 Å². The zero-order valence-corrected chi connectivity index (χ0v) is 23.2. The van der Waals surface area contributed by atoms with E-state index in [1.165, 1.54) is 18.6 Å². The lowest BCUT2D eigenvalue weighted by Crippen LogP contribution is -2.43. The summed E-state index contributed by atoms with van der Waals surface area (Å²) in [5.74, 6) is 1.73. The Labute approximate surface area is 219 Å². The van der Waals surface area contributed by atoms with Crippen molar-refractivity contribution >= 4 is 5.71 Å². The van der Waals surface area contributed by atoms with E-state index in [1.54, 1.807) is 6.08 Å². The van der Waals surface area contributed by atoms with E-state index in [2.05, 4.69) is 57.9 Å². The van der Waals surface area contributed by atoms with E-state index >= 15 is 0 Å². The molecule has 0 spiro atoms. The van der Waals surface area contributed by atoms with Crippen LogP contribution in [0.2, 0.25) is 0 Å². The van der Waals surface area contributed by atoms with E-state index < -0.39 is 11.7 Å². The summed E-state index contributed by atoms with van der Waals surface area (Å²) >= 11 is 0. The van der Waals surface area contributed by atoms with Crippen molar-refractivity contribution in [3.63, 3.8) is 0 Å². The van der Waals surface area contributed by atoms with Gasteiger partial charge in [-0.2, -0.15) is 5.10 Å². The van der Waals surface area contributed by atoms with E-state index in [4.69, 9.17) is 11.5 Å². The molecule has 0 amide bonds. The first-order valence-electron chi connectivity index (χ1n) is 13.7. The fourth-order valence-electron chi connectivity index (χ4n) is 4.60. The number of halogens is 2. The van der Waals surface area contributed by atoms with Gasteiger partial charge in [0.15, 0.2) is 0 Å². The fourth-order valence-corrected chi connectivity index (χ4v) is 4.60. The van der Waals surface area contributed by atoms with Gasteiger partial charge in [-0.15, -0.1) is 12.2 Å². The maximum Gasteiger partial charge on any atom is 0.140 e. The second-order valence-electron chi connectivity index (χ2n) is 9.75. The number of rotatable bonds is 13. The molecular formula is C32H46F2N2. The number of nitrogens with zero attached hydrogens (tertiary/aromatic N) is 2. The van der Waals surface area contributed by atoms with Crippen LogP contribution in [0.3, 0.4) is 0 Å². The third-order valence-electron chi connectivity index (χ3n) is 6.66. The molecule has 36 heavy (non-hydrogen) atoms. The number of terminal acetylenes is 1. The Morgan fingerprint density at radius 1 is 1.17 bits per heavy atom. The van der Waals surface area contributed by atoms with Crippen LogP contribution in [-0.4, -0.2) is 16.3 Å². The normalized spacial score (nSPS) is 20.0. The Kier molecular flexibility index (Phi) is 14.8. The SMILES string of the molecule is C#CC=CCCC.C=C(C(C)CCCC)N1N=C(C2=C(F)C=C=CC(F)=C2)CC1(CCC)CCCC.